The van der Waals surface area contributed by atoms with Gasteiger partial charge in [0.1, 0.15) is 6.07 Å². The van der Waals surface area contributed by atoms with Crippen LogP contribution in [0.15, 0.2) is 12.1 Å². The number of nitriles is 1. The molecule has 1 unspecified atom stereocenters. The monoisotopic (exact) mass is 325 g/mol. The maximum absolute atomic E-state index is 13.2. The molecule has 2 nitrogen and oxygen atoms in total. The van der Waals surface area contributed by atoms with Gasteiger partial charge in [0, 0.05) is 5.56 Å². The Hall–Kier alpha value is -0.960. The van der Waals surface area contributed by atoms with Gasteiger partial charge in [-0.2, -0.15) is 18.4 Å². The van der Waals surface area contributed by atoms with Crippen LogP contribution in [-0.4, -0.2) is 11.3 Å². The minimum absolute atomic E-state index is 0.0468. The number of alkyl halides is 3. The van der Waals surface area contributed by atoms with Gasteiger partial charge >= 0.3 is 6.18 Å². The summed E-state index contributed by atoms with van der Waals surface area (Å²) >= 11 is 11.6. The van der Waals surface area contributed by atoms with Crippen molar-refractivity contribution in [2.45, 2.75) is 32.0 Å². The van der Waals surface area contributed by atoms with Gasteiger partial charge < -0.3 is 5.11 Å². The average Bonchev–Trinajstić information content (AvgIpc) is 2.30. The number of halogens is 5. The third-order valence-corrected chi connectivity index (χ3v) is 3.70. The highest BCUT2D eigenvalue weighted by Crippen LogP contribution is 2.47. The van der Waals surface area contributed by atoms with Crippen LogP contribution in [0.3, 0.4) is 0 Å². The molecule has 0 aliphatic heterocycles. The highest BCUT2D eigenvalue weighted by Gasteiger charge is 2.56. The molecule has 0 heterocycles. The van der Waals surface area contributed by atoms with Crippen molar-refractivity contribution < 1.29 is 18.3 Å². The SMILES string of the molecule is CC(C)CC(O)(c1ccc(C#N)c(Cl)c1Cl)C(F)(F)F. The van der Waals surface area contributed by atoms with Gasteiger partial charge in [0.05, 0.1) is 15.6 Å². The van der Waals surface area contributed by atoms with Crippen molar-refractivity contribution in [1.29, 1.82) is 5.26 Å². The van der Waals surface area contributed by atoms with Gasteiger partial charge in [-0.15, -0.1) is 0 Å². The number of benzene rings is 1. The molecule has 0 aliphatic rings. The lowest BCUT2D eigenvalue weighted by molar-refractivity contribution is -0.272. The Balaban J connectivity index is 3.52. The molecule has 20 heavy (non-hydrogen) atoms. The van der Waals surface area contributed by atoms with Crippen LogP contribution in [0.5, 0.6) is 0 Å². The molecule has 0 spiro atoms. The summed E-state index contributed by atoms with van der Waals surface area (Å²) in [6.45, 7) is 3.10. The Kier molecular flexibility index (Phi) is 4.96. The van der Waals surface area contributed by atoms with Crippen LogP contribution >= 0.6 is 23.2 Å². The second kappa shape index (κ2) is 5.80. The maximum atomic E-state index is 13.2. The Morgan fingerprint density at radius 2 is 1.80 bits per heavy atom. The fourth-order valence-electron chi connectivity index (χ4n) is 1.92. The molecule has 0 aliphatic carbocycles. The van der Waals surface area contributed by atoms with E-state index in [0.717, 1.165) is 12.1 Å². The molecule has 0 amide bonds. The topological polar surface area (TPSA) is 44.0 Å². The van der Waals surface area contributed by atoms with E-state index in [1.165, 1.54) is 0 Å². The summed E-state index contributed by atoms with van der Waals surface area (Å²) in [7, 11) is 0. The van der Waals surface area contributed by atoms with Gasteiger partial charge in [-0.3, -0.25) is 0 Å². The fourth-order valence-corrected chi connectivity index (χ4v) is 2.45. The minimum Gasteiger partial charge on any atom is -0.376 e. The largest absolute Gasteiger partial charge is 0.421 e. The molecular weight excluding hydrogens is 314 g/mol. The van der Waals surface area contributed by atoms with Crippen molar-refractivity contribution in [3.63, 3.8) is 0 Å². The van der Waals surface area contributed by atoms with Crippen LogP contribution in [0.2, 0.25) is 10.0 Å². The lowest BCUT2D eigenvalue weighted by atomic mass is 9.84. The van der Waals surface area contributed by atoms with Crippen LogP contribution in [0.4, 0.5) is 13.2 Å². The zero-order valence-corrected chi connectivity index (χ0v) is 12.2. The number of hydrogen-bond donors (Lipinski definition) is 1. The first-order chi connectivity index (χ1) is 9.04. The van der Waals surface area contributed by atoms with Crippen LogP contribution < -0.4 is 0 Å². The van der Waals surface area contributed by atoms with E-state index in [1.807, 2.05) is 0 Å². The lowest BCUT2D eigenvalue weighted by Gasteiger charge is -2.33. The first-order valence-corrected chi connectivity index (χ1v) is 6.48. The first kappa shape index (κ1) is 17.1. The first-order valence-electron chi connectivity index (χ1n) is 5.72. The smallest absolute Gasteiger partial charge is 0.376 e. The van der Waals surface area contributed by atoms with Gasteiger partial charge in [0.25, 0.3) is 0 Å². The van der Waals surface area contributed by atoms with Crippen LogP contribution in [-0.2, 0) is 5.60 Å². The van der Waals surface area contributed by atoms with Crippen LogP contribution in [0.25, 0.3) is 0 Å². The van der Waals surface area contributed by atoms with E-state index in [4.69, 9.17) is 28.5 Å². The third kappa shape index (κ3) is 3.03. The highest BCUT2D eigenvalue weighted by atomic mass is 35.5. The lowest BCUT2D eigenvalue weighted by Crippen LogP contribution is -2.43. The van der Waals surface area contributed by atoms with E-state index < -0.39 is 34.7 Å². The molecule has 1 rings (SSSR count). The maximum Gasteiger partial charge on any atom is 0.421 e. The van der Waals surface area contributed by atoms with Gasteiger partial charge in [-0.1, -0.05) is 43.1 Å². The molecule has 7 heteroatoms. The standard InChI is InChI=1S/C13H12Cl2F3NO/c1-7(2)5-12(20,13(16,17)18)9-4-3-8(6-19)10(14)11(9)15/h3-4,7,20H,5H2,1-2H3. The van der Waals surface area contributed by atoms with Crippen molar-refractivity contribution in [2.24, 2.45) is 5.92 Å². The van der Waals surface area contributed by atoms with Gasteiger partial charge in [0.15, 0.2) is 5.60 Å². The molecule has 0 aromatic heterocycles. The highest BCUT2D eigenvalue weighted by molar-refractivity contribution is 6.43. The molecule has 0 radical (unpaired) electrons. The van der Waals surface area contributed by atoms with Gasteiger partial charge in [0.2, 0.25) is 0 Å². The quantitative estimate of drug-likeness (QED) is 0.878. The predicted octanol–water partition coefficient (Wildman–Crippen LogP) is 4.66. The van der Waals surface area contributed by atoms with E-state index in [-0.39, 0.29) is 10.6 Å². The Morgan fingerprint density at radius 1 is 1.25 bits per heavy atom. The predicted molar refractivity (Wildman–Crippen MR) is 70.6 cm³/mol. The Morgan fingerprint density at radius 3 is 2.20 bits per heavy atom. The third-order valence-electron chi connectivity index (χ3n) is 2.82. The molecular formula is C13H12Cl2F3NO. The molecule has 1 atom stereocenters. The molecule has 1 aromatic rings. The molecule has 0 fully saturated rings. The van der Waals surface area contributed by atoms with E-state index in [2.05, 4.69) is 0 Å². The molecule has 1 aromatic carbocycles. The summed E-state index contributed by atoms with van der Waals surface area (Å²) in [6.07, 6.45) is -5.46. The number of hydrogen-bond acceptors (Lipinski definition) is 2. The normalized spacial score (nSPS) is 15.0. The minimum atomic E-state index is -4.90. The summed E-state index contributed by atoms with van der Waals surface area (Å²) in [5.74, 6) is -0.424. The number of rotatable bonds is 3. The molecule has 1 N–H and O–H groups in total. The van der Waals surface area contributed by atoms with Crippen LogP contribution in [0.1, 0.15) is 31.4 Å². The number of aliphatic hydroxyl groups is 1. The number of nitrogens with zero attached hydrogens (tertiary/aromatic N) is 1. The van der Waals surface area contributed by atoms with Crippen molar-refractivity contribution in [2.75, 3.05) is 0 Å². The van der Waals surface area contributed by atoms with E-state index >= 15 is 0 Å². The van der Waals surface area contributed by atoms with Crippen molar-refractivity contribution >= 4 is 23.2 Å². The average molecular weight is 326 g/mol. The summed E-state index contributed by atoms with van der Waals surface area (Å²) in [6, 6.07) is 3.82. The van der Waals surface area contributed by atoms with Gasteiger partial charge in [-0.25, -0.2) is 0 Å². The molecule has 110 valence electrons. The second-order valence-electron chi connectivity index (χ2n) is 4.86. The Bertz CT molecular complexity index is 552. The summed E-state index contributed by atoms with van der Waals surface area (Å²) in [5.41, 5.74) is -3.69. The summed E-state index contributed by atoms with van der Waals surface area (Å²) in [4.78, 5) is 0. The zero-order chi connectivity index (χ0) is 15.7. The van der Waals surface area contributed by atoms with Crippen molar-refractivity contribution in [3.8, 4) is 6.07 Å². The van der Waals surface area contributed by atoms with Crippen molar-refractivity contribution in [3.05, 3.63) is 33.3 Å². The van der Waals surface area contributed by atoms with Gasteiger partial charge in [-0.05, 0) is 18.4 Å². The Labute approximate surface area is 124 Å². The van der Waals surface area contributed by atoms with Crippen LogP contribution in [0, 0.1) is 17.2 Å². The fraction of sp³-hybridized carbons (Fsp3) is 0.462. The summed E-state index contributed by atoms with van der Waals surface area (Å²) < 4.78 is 39.7. The van der Waals surface area contributed by atoms with Crippen molar-refractivity contribution in [1.82, 2.24) is 0 Å². The van der Waals surface area contributed by atoms with E-state index in [0.29, 0.717) is 0 Å². The summed E-state index contributed by atoms with van der Waals surface area (Å²) in [5, 5.41) is 18.1. The van der Waals surface area contributed by atoms with E-state index in [9.17, 15) is 18.3 Å². The second-order valence-corrected chi connectivity index (χ2v) is 5.61. The molecule has 0 bridgehead atoms. The van der Waals surface area contributed by atoms with E-state index in [1.54, 1.807) is 19.9 Å². The zero-order valence-electron chi connectivity index (χ0n) is 10.7. The molecule has 0 saturated heterocycles. The molecule has 0 saturated carbocycles.